The second kappa shape index (κ2) is 4.81. The zero-order valence-corrected chi connectivity index (χ0v) is 13.4. The van der Waals surface area contributed by atoms with Crippen LogP contribution in [0.5, 0.6) is 0 Å². The lowest BCUT2D eigenvalue weighted by molar-refractivity contribution is -0.153. The zero-order valence-electron chi connectivity index (χ0n) is 13.4. The third-order valence-electron chi connectivity index (χ3n) is 5.79. The van der Waals surface area contributed by atoms with Gasteiger partial charge in [0.05, 0.1) is 16.5 Å². The van der Waals surface area contributed by atoms with Gasteiger partial charge in [-0.05, 0) is 37.3 Å². The summed E-state index contributed by atoms with van der Waals surface area (Å²) in [4.78, 5) is 30.8. The summed E-state index contributed by atoms with van der Waals surface area (Å²) in [6, 6.07) is 4.99. The maximum atomic E-state index is 11.7. The Morgan fingerprint density at radius 2 is 1.96 bits per heavy atom. The van der Waals surface area contributed by atoms with Crippen LogP contribution in [0, 0.1) is 10.8 Å². The molecule has 1 heterocycles. The minimum atomic E-state index is -1.02. The number of para-hydroxylation sites is 1. The lowest BCUT2D eigenvalue weighted by Gasteiger charge is -2.37. The number of carboxylic acid groups (broad SMARTS) is 2. The third-order valence-corrected chi connectivity index (χ3v) is 5.79. The van der Waals surface area contributed by atoms with Gasteiger partial charge in [0, 0.05) is 5.92 Å². The molecule has 0 unspecified atom stereocenters. The van der Waals surface area contributed by atoms with Gasteiger partial charge in [-0.2, -0.15) is 0 Å². The van der Waals surface area contributed by atoms with E-state index in [1.165, 1.54) is 6.07 Å². The molecule has 0 bridgehead atoms. The van der Waals surface area contributed by atoms with Crippen LogP contribution in [0.25, 0.3) is 11.0 Å². The highest BCUT2D eigenvalue weighted by atomic mass is 16.4. The molecule has 122 valence electrons. The van der Waals surface area contributed by atoms with Crippen LogP contribution in [0.15, 0.2) is 18.2 Å². The number of H-pyrrole nitrogens is 1. The predicted molar refractivity (Wildman–Crippen MR) is 84.6 cm³/mol. The van der Waals surface area contributed by atoms with Crippen molar-refractivity contribution in [3.63, 3.8) is 0 Å². The second-order valence-corrected chi connectivity index (χ2v) is 7.08. The molecule has 0 spiro atoms. The highest BCUT2D eigenvalue weighted by molar-refractivity contribution is 6.00. The maximum absolute atomic E-state index is 11.7. The quantitative estimate of drug-likeness (QED) is 0.806. The van der Waals surface area contributed by atoms with E-state index in [-0.39, 0.29) is 11.5 Å². The van der Waals surface area contributed by atoms with Gasteiger partial charge in [-0.1, -0.05) is 19.9 Å². The summed E-state index contributed by atoms with van der Waals surface area (Å²) in [6.45, 7) is 5.68. The Bertz CT molecular complexity index is 808. The van der Waals surface area contributed by atoms with Crippen molar-refractivity contribution in [2.45, 2.75) is 39.5 Å². The number of aliphatic carboxylic acids is 1. The van der Waals surface area contributed by atoms with Crippen molar-refractivity contribution in [1.82, 2.24) is 9.97 Å². The topological polar surface area (TPSA) is 103 Å². The number of benzene rings is 1. The Hall–Kier alpha value is -2.37. The van der Waals surface area contributed by atoms with Crippen molar-refractivity contribution >= 4 is 23.0 Å². The van der Waals surface area contributed by atoms with Crippen molar-refractivity contribution in [3.05, 3.63) is 29.6 Å². The first-order valence-corrected chi connectivity index (χ1v) is 7.64. The van der Waals surface area contributed by atoms with E-state index in [1.807, 2.05) is 13.8 Å². The molecule has 6 nitrogen and oxygen atoms in total. The van der Waals surface area contributed by atoms with E-state index in [1.54, 1.807) is 19.1 Å². The van der Waals surface area contributed by atoms with Gasteiger partial charge in [0.15, 0.2) is 0 Å². The van der Waals surface area contributed by atoms with E-state index in [4.69, 9.17) is 0 Å². The SMILES string of the molecule is CC1(C)[C@H](c2nc3c(C(=O)O)cccc3[nH]2)CC[C@@]1(C)C(=O)O. The number of aromatic amines is 1. The summed E-state index contributed by atoms with van der Waals surface area (Å²) in [6.07, 6.45) is 1.28. The van der Waals surface area contributed by atoms with Crippen LogP contribution in [0.1, 0.15) is 55.7 Å². The first-order chi connectivity index (χ1) is 10.7. The van der Waals surface area contributed by atoms with Gasteiger partial charge >= 0.3 is 11.9 Å². The fraction of sp³-hybridized carbons (Fsp3) is 0.471. The number of imidazole rings is 1. The Morgan fingerprint density at radius 3 is 2.52 bits per heavy atom. The largest absolute Gasteiger partial charge is 0.481 e. The first kappa shape index (κ1) is 15.5. The standard InChI is InChI=1S/C17H20N2O4/c1-16(2)10(7-8-17(16,3)15(22)23)13-18-11-6-4-5-9(14(20)21)12(11)19-13/h4-6,10H,7-8H2,1-3H3,(H,18,19)(H,20,21)(H,22,23)/t10-,17-/m0/s1. The molecule has 1 fully saturated rings. The number of carbonyl (C=O) groups is 2. The van der Waals surface area contributed by atoms with Crippen LogP contribution in [0.2, 0.25) is 0 Å². The van der Waals surface area contributed by atoms with Crippen molar-refractivity contribution in [3.8, 4) is 0 Å². The van der Waals surface area contributed by atoms with Crippen molar-refractivity contribution in [2.24, 2.45) is 10.8 Å². The molecule has 23 heavy (non-hydrogen) atoms. The summed E-state index contributed by atoms with van der Waals surface area (Å²) in [5.74, 6) is -1.21. The average molecular weight is 316 g/mol. The Kier molecular flexibility index (Phi) is 3.25. The number of hydrogen-bond donors (Lipinski definition) is 3. The smallest absolute Gasteiger partial charge is 0.337 e. The highest BCUT2D eigenvalue weighted by Gasteiger charge is 2.57. The Labute approximate surface area is 133 Å². The number of aromatic carboxylic acids is 1. The number of hydrogen-bond acceptors (Lipinski definition) is 3. The van der Waals surface area contributed by atoms with E-state index in [2.05, 4.69) is 9.97 Å². The Balaban J connectivity index is 2.10. The fourth-order valence-corrected chi connectivity index (χ4v) is 3.75. The van der Waals surface area contributed by atoms with Crippen molar-refractivity contribution in [2.75, 3.05) is 0 Å². The van der Waals surface area contributed by atoms with Crippen LogP contribution in [0.4, 0.5) is 0 Å². The monoisotopic (exact) mass is 316 g/mol. The molecule has 1 aromatic carbocycles. The molecule has 0 amide bonds. The van der Waals surface area contributed by atoms with E-state index in [0.29, 0.717) is 29.7 Å². The lowest BCUT2D eigenvalue weighted by atomic mass is 9.65. The normalized spacial score (nSPS) is 26.5. The molecular formula is C17H20N2O4. The van der Waals surface area contributed by atoms with Crippen LogP contribution in [-0.2, 0) is 4.79 Å². The van der Waals surface area contributed by atoms with E-state index >= 15 is 0 Å². The maximum Gasteiger partial charge on any atom is 0.337 e. The average Bonchev–Trinajstić information content (AvgIpc) is 2.98. The summed E-state index contributed by atoms with van der Waals surface area (Å²) in [7, 11) is 0. The molecule has 0 aliphatic heterocycles. The zero-order chi connectivity index (χ0) is 17.0. The minimum absolute atomic E-state index is 0.0577. The number of aromatic nitrogens is 2. The number of nitrogens with zero attached hydrogens (tertiary/aromatic N) is 1. The van der Waals surface area contributed by atoms with Crippen LogP contribution >= 0.6 is 0 Å². The molecule has 1 aromatic heterocycles. The predicted octanol–water partition coefficient (Wildman–Crippen LogP) is 3.26. The molecule has 1 saturated carbocycles. The first-order valence-electron chi connectivity index (χ1n) is 7.64. The number of carboxylic acids is 2. The molecule has 3 rings (SSSR count). The van der Waals surface area contributed by atoms with Gasteiger partial charge in [0.2, 0.25) is 0 Å². The molecule has 2 atom stereocenters. The van der Waals surface area contributed by atoms with Crippen molar-refractivity contribution in [1.29, 1.82) is 0 Å². The summed E-state index contributed by atoms with van der Waals surface area (Å²) in [5.41, 5.74) is -0.0707. The van der Waals surface area contributed by atoms with Gasteiger partial charge < -0.3 is 15.2 Å². The fourth-order valence-electron chi connectivity index (χ4n) is 3.75. The van der Waals surface area contributed by atoms with E-state index in [0.717, 1.165) is 0 Å². The van der Waals surface area contributed by atoms with Gasteiger partial charge in [-0.25, -0.2) is 9.78 Å². The highest BCUT2D eigenvalue weighted by Crippen LogP contribution is 2.59. The number of fused-ring (bicyclic) bond motifs is 1. The molecule has 1 aliphatic rings. The molecule has 0 radical (unpaired) electrons. The van der Waals surface area contributed by atoms with Gasteiger partial charge in [0.25, 0.3) is 0 Å². The van der Waals surface area contributed by atoms with Crippen LogP contribution < -0.4 is 0 Å². The van der Waals surface area contributed by atoms with Crippen molar-refractivity contribution < 1.29 is 19.8 Å². The summed E-state index contributed by atoms with van der Waals surface area (Å²) >= 11 is 0. The van der Waals surface area contributed by atoms with Gasteiger partial charge in [-0.3, -0.25) is 4.79 Å². The van der Waals surface area contributed by atoms with Gasteiger partial charge in [-0.15, -0.1) is 0 Å². The number of rotatable bonds is 3. The molecule has 2 aromatic rings. The molecule has 0 saturated heterocycles. The van der Waals surface area contributed by atoms with Crippen LogP contribution in [0.3, 0.4) is 0 Å². The second-order valence-electron chi connectivity index (χ2n) is 7.08. The molecule has 3 N–H and O–H groups in total. The van der Waals surface area contributed by atoms with Crippen LogP contribution in [-0.4, -0.2) is 32.1 Å². The summed E-state index contributed by atoms with van der Waals surface area (Å²) < 4.78 is 0. The minimum Gasteiger partial charge on any atom is -0.481 e. The Morgan fingerprint density at radius 1 is 1.26 bits per heavy atom. The number of nitrogens with one attached hydrogen (secondary N) is 1. The third kappa shape index (κ3) is 2.04. The molecular weight excluding hydrogens is 296 g/mol. The van der Waals surface area contributed by atoms with Gasteiger partial charge in [0.1, 0.15) is 11.3 Å². The lowest BCUT2D eigenvalue weighted by Crippen LogP contribution is -2.40. The van der Waals surface area contributed by atoms with E-state index in [9.17, 15) is 19.8 Å². The molecule has 1 aliphatic carbocycles. The van der Waals surface area contributed by atoms with E-state index < -0.39 is 22.8 Å². The molecule has 6 heteroatoms. The summed E-state index contributed by atoms with van der Waals surface area (Å²) in [5, 5.41) is 18.9.